The standard InChI is InChI=1S/C14H16ClN3/c1-18-8-3-2-5-9-13(16)12-10(15)6-4-7-11(12)17-14(9)18/h4,6-7H,2-3,5,8H2,1H3,(H2,16,17). The second-order valence-electron chi connectivity index (χ2n) is 4.84. The molecular weight excluding hydrogens is 246 g/mol. The molecule has 0 spiro atoms. The molecule has 3 rings (SSSR count). The van der Waals surface area contributed by atoms with E-state index in [1.165, 1.54) is 6.42 Å². The fourth-order valence-electron chi connectivity index (χ4n) is 2.64. The van der Waals surface area contributed by atoms with Crippen LogP contribution in [0.5, 0.6) is 0 Å². The lowest BCUT2D eigenvalue weighted by Crippen LogP contribution is -2.19. The minimum Gasteiger partial charge on any atom is -0.398 e. The Bertz CT molecular complexity index is 610. The van der Waals surface area contributed by atoms with Crippen molar-refractivity contribution < 1.29 is 0 Å². The van der Waals surface area contributed by atoms with E-state index in [4.69, 9.17) is 22.3 Å². The summed E-state index contributed by atoms with van der Waals surface area (Å²) in [5, 5.41) is 1.58. The van der Waals surface area contributed by atoms with Crippen LogP contribution < -0.4 is 10.6 Å². The number of halogens is 1. The topological polar surface area (TPSA) is 42.2 Å². The van der Waals surface area contributed by atoms with Crippen LogP contribution >= 0.6 is 11.6 Å². The molecule has 0 unspecified atom stereocenters. The number of rotatable bonds is 0. The summed E-state index contributed by atoms with van der Waals surface area (Å²) in [6.45, 7) is 1.03. The van der Waals surface area contributed by atoms with E-state index in [1.54, 1.807) is 0 Å². The molecule has 0 saturated carbocycles. The van der Waals surface area contributed by atoms with E-state index in [-0.39, 0.29) is 0 Å². The fourth-order valence-corrected chi connectivity index (χ4v) is 2.92. The molecule has 2 aromatic rings. The average Bonchev–Trinajstić information content (AvgIpc) is 2.53. The van der Waals surface area contributed by atoms with Crippen molar-refractivity contribution in [1.82, 2.24) is 4.98 Å². The Kier molecular flexibility index (Phi) is 2.78. The molecule has 3 nitrogen and oxygen atoms in total. The first-order valence-electron chi connectivity index (χ1n) is 6.26. The van der Waals surface area contributed by atoms with Crippen LogP contribution in [0.15, 0.2) is 18.2 Å². The van der Waals surface area contributed by atoms with Gasteiger partial charge in [-0.15, -0.1) is 0 Å². The second kappa shape index (κ2) is 4.32. The molecule has 1 aromatic carbocycles. The Balaban J connectivity index is 2.35. The molecule has 1 aliphatic heterocycles. The summed E-state index contributed by atoms with van der Waals surface area (Å²) in [5.74, 6) is 1.01. The van der Waals surface area contributed by atoms with E-state index in [0.29, 0.717) is 5.02 Å². The number of nitrogen functional groups attached to an aromatic ring is 1. The number of fused-ring (bicyclic) bond motifs is 2. The summed E-state index contributed by atoms with van der Waals surface area (Å²) < 4.78 is 0. The highest BCUT2D eigenvalue weighted by atomic mass is 35.5. The third-order valence-electron chi connectivity index (χ3n) is 3.61. The number of hydrogen-bond donors (Lipinski definition) is 1. The van der Waals surface area contributed by atoms with Crippen LogP contribution in [0.3, 0.4) is 0 Å². The first-order chi connectivity index (χ1) is 8.68. The lowest BCUT2D eigenvalue weighted by molar-refractivity contribution is 0.749. The Morgan fingerprint density at radius 3 is 3.00 bits per heavy atom. The minimum atomic E-state index is 0.687. The summed E-state index contributed by atoms with van der Waals surface area (Å²) >= 11 is 6.25. The quantitative estimate of drug-likeness (QED) is 0.792. The highest BCUT2D eigenvalue weighted by Crippen LogP contribution is 2.36. The van der Waals surface area contributed by atoms with Gasteiger partial charge in [0.25, 0.3) is 0 Å². The first kappa shape index (κ1) is 11.6. The van der Waals surface area contributed by atoms with Crippen molar-refractivity contribution in [3.8, 4) is 0 Å². The molecule has 0 fully saturated rings. The molecule has 0 amide bonds. The highest BCUT2D eigenvalue weighted by molar-refractivity contribution is 6.36. The van der Waals surface area contributed by atoms with Crippen LogP contribution in [0.25, 0.3) is 10.9 Å². The second-order valence-corrected chi connectivity index (χ2v) is 5.25. The molecule has 0 aliphatic carbocycles. The van der Waals surface area contributed by atoms with Crippen LogP contribution in [0.1, 0.15) is 18.4 Å². The molecule has 2 N–H and O–H groups in total. The van der Waals surface area contributed by atoms with Gasteiger partial charge < -0.3 is 10.6 Å². The van der Waals surface area contributed by atoms with E-state index >= 15 is 0 Å². The normalized spacial score (nSPS) is 15.6. The molecule has 0 radical (unpaired) electrons. The molecule has 1 aromatic heterocycles. The Morgan fingerprint density at radius 2 is 2.17 bits per heavy atom. The average molecular weight is 262 g/mol. The molecule has 18 heavy (non-hydrogen) atoms. The monoisotopic (exact) mass is 261 g/mol. The SMILES string of the molecule is CN1CCCCc2c1nc1cccc(Cl)c1c2N. The summed E-state index contributed by atoms with van der Waals surface area (Å²) in [6.07, 6.45) is 3.31. The van der Waals surface area contributed by atoms with E-state index in [0.717, 1.165) is 47.4 Å². The van der Waals surface area contributed by atoms with Crippen LogP contribution in [-0.2, 0) is 6.42 Å². The molecule has 0 atom stereocenters. The van der Waals surface area contributed by atoms with Gasteiger partial charge in [-0.1, -0.05) is 17.7 Å². The number of nitrogens with two attached hydrogens (primary N) is 1. The maximum Gasteiger partial charge on any atom is 0.134 e. The smallest absolute Gasteiger partial charge is 0.134 e. The van der Waals surface area contributed by atoms with Crippen molar-refractivity contribution in [3.63, 3.8) is 0 Å². The minimum absolute atomic E-state index is 0.687. The van der Waals surface area contributed by atoms with E-state index in [2.05, 4.69) is 11.9 Å². The van der Waals surface area contributed by atoms with Crippen LogP contribution in [0, 0.1) is 0 Å². The van der Waals surface area contributed by atoms with Crippen molar-refractivity contribution >= 4 is 34.0 Å². The Hall–Kier alpha value is -1.48. The van der Waals surface area contributed by atoms with Crippen molar-refractivity contribution in [2.75, 3.05) is 24.2 Å². The molecule has 94 valence electrons. The number of aromatic nitrogens is 1. The fraction of sp³-hybridized carbons (Fsp3) is 0.357. The van der Waals surface area contributed by atoms with Gasteiger partial charge in [0.15, 0.2) is 0 Å². The zero-order valence-electron chi connectivity index (χ0n) is 10.4. The van der Waals surface area contributed by atoms with Crippen molar-refractivity contribution in [1.29, 1.82) is 0 Å². The Morgan fingerprint density at radius 1 is 1.33 bits per heavy atom. The van der Waals surface area contributed by atoms with E-state index < -0.39 is 0 Å². The molecule has 0 saturated heterocycles. The van der Waals surface area contributed by atoms with Crippen LogP contribution in [0.4, 0.5) is 11.5 Å². The van der Waals surface area contributed by atoms with Gasteiger partial charge in [0.1, 0.15) is 5.82 Å². The predicted molar refractivity (Wildman–Crippen MR) is 77.4 cm³/mol. The molecule has 1 aliphatic rings. The number of benzene rings is 1. The summed E-state index contributed by atoms with van der Waals surface area (Å²) in [4.78, 5) is 6.93. The van der Waals surface area contributed by atoms with E-state index in [1.807, 2.05) is 18.2 Å². The molecule has 2 heterocycles. The van der Waals surface area contributed by atoms with Crippen molar-refractivity contribution in [3.05, 3.63) is 28.8 Å². The predicted octanol–water partition coefficient (Wildman–Crippen LogP) is 3.24. The molecule has 4 heteroatoms. The van der Waals surface area contributed by atoms with Gasteiger partial charge >= 0.3 is 0 Å². The molecule has 0 bridgehead atoms. The summed E-state index contributed by atoms with van der Waals surface area (Å²) in [5.41, 5.74) is 9.15. The molecular formula is C14H16ClN3. The van der Waals surface area contributed by atoms with Gasteiger partial charge in [-0.25, -0.2) is 4.98 Å². The third kappa shape index (κ3) is 1.70. The number of anilines is 2. The van der Waals surface area contributed by atoms with Crippen LogP contribution in [-0.4, -0.2) is 18.6 Å². The third-order valence-corrected chi connectivity index (χ3v) is 3.93. The number of hydrogen-bond acceptors (Lipinski definition) is 3. The van der Waals surface area contributed by atoms with Gasteiger partial charge in [0.2, 0.25) is 0 Å². The van der Waals surface area contributed by atoms with E-state index in [9.17, 15) is 0 Å². The van der Waals surface area contributed by atoms with Gasteiger partial charge in [-0.05, 0) is 31.4 Å². The number of nitrogens with zero attached hydrogens (tertiary/aromatic N) is 2. The van der Waals surface area contributed by atoms with Crippen molar-refractivity contribution in [2.24, 2.45) is 0 Å². The largest absolute Gasteiger partial charge is 0.398 e. The zero-order chi connectivity index (χ0) is 12.7. The Labute approximate surface area is 112 Å². The lowest BCUT2D eigenvalue weighted by atomic mass is 10.0. The summed E-state index contributed by atoms with van der Waals surface area (Å²) in [7, 11) is 2.08. The first-order valence-corrected chi connectivity index (χ1v) is 6.64. The number of pyridine rings is 1. The maximum absolute atomic E-state index is 6.32. The van der Waals surface area contributed by atoms with Gasteiger partial charge in [-0.2, -0.15) is 0 Å². The zero-order valence-corrected chi connectivity index (χ0v) is 11.2. The van der Waals surface area contributed by atoms with Gasteiger partial charge in [0.05, 0.1) is 10.5 Å². The summed E-state index contributed by atoms with van der Waals surface area (Å²) in [6, 6.07) is 5.76. The van der Waals surface area contributed by atoms with Gasteiger partial charge in [0, 0.05) is 30.2 Å². The van der Waals surface area contributed by atoms with Gasteiger partial charge in [-0.3, -0.25) is 0 Å². The lowest BCUT2D eigenvalue weighted by Gasteiger charge is -2.20. The van der Waals surface area contributed by atoms with Crippen LogP contribution in [0.2, 0.25) is 5.02 Å². The maximum atomic E-state index is 6.32. The van der Waals surface area contributed by atoms with Crippen molar-refractivity contribution in [2.45, 2.75) is 19.3 Å². The highest BCUT2D eigenvalue weighted by Gasteiger charge is 2.19.